The van der Waals surface area contributed by atoms with E-state index in [1.54, 1.807) is 6.20 Å². The van der Waals surface area contributed by atoms with Crippen molar-refractivity contribution in [1.29, 1.82) is 0 Å². The molecule has 1 saturated carbocycles. The van der Waals surface area contributed by atoms with Gasteiger partial charge in [-0.3, -0.25) is 0 Å². The lowest BCUT2D eigenvalue weighted by molar-refractivity contribution is 0.253. The Bertz CT molecular complexity index is 1200. The van der Waals surface area contributed by atoms with Crippen LogP contribution in [-0.2, 0) is 5.54 Å². The summed E-state index contributed by atoms with van der Waals surface area (Å²) in [6, 6.07) is 18.4. The van der Waals surface area contributed by atoms with Gasteiger partial charge in [0.1, 0.15) is 17.0 Å². The van der Waals surface area contributed by atoms with E-state index in [-0.39, 0.29) is 5.54 Å². The molecule has 0 saturated heterocycles. The molecule has 136 valence electrons. The Balaban J connectivity index is 1.70. The molecule has 0 atom stereocenters. The molecule has 4 heteroatoms. The maximum atomic E-state index is 6.46. The van der Waals surface area contributed by atoms with E-state index >= 15 is 0 Å². The Labute approximate surface area is 163 Å². The first-order chi connectivity index (χ1) is 13.7. The van der Waals surface area contributed by atoms with Crippen LogP contribution in [0, 0.1) is 12.3 Å². The number of nitrogens with two attached hydrogens (primary N) is 1. The maximum absolute atomic E-state index is 6.46. The Hall–Kier alpha value is -3.42. The standard InChI is InChI=1S/C24H19N3O/c1-2-19-15-26-23-21(27-19)20(16-7-4-3-5-8-16)22(28-23)17-9-11-18(12-10-17)24(25)13-6-14-24/h1,3-5,7-12,15H,6,13-14,25H2. The van der Waals surface area contributed by atoms with Crippen molar-refractivity contribution in [2.75, 3.05) is 0 Å². The Morgan fingerprint density at radius 3 is 2.39 bits per heavy atom. The number of hydrogen-bond acceptors (Lipinski definition) is 4. The number of terminal acetylenes is 1. The summed E-state index contributed by atoms with van der Waals surface area (Å²) >= 11 is 0. The van der Waals surface area contributed by atoms with Crippen molar-refractivity contribution < 1.29 is 4.42 Å². The third kappa shape index (κ3) is 2.60. The van der Waals surface area contributed by atoms with Crippen molar-refractivity contribution >= 4 is 11.2 Å². The van der Waals surface area contributed by atoms with Crippen LogP contribution in [0.25, 0.3) is 33.7 Å². The summed E-state index contributed by atoms with van der Waals surface area (Å²) in [7, 11) is 0. The predicted octanol–water partition coefficient (Wildman–Crippen LogP) is 4.88. The number of benzene rings is 2. The summed E-state index contributed by atoms with van der Waals surface area (Å²) in [5.41, 5.74) is 12.0. The lowest BCUT2D eigenvalue weighted by Gasteiger charge is -2.38. The van der Waals surface area contributed by atoms with Gasteiger partial charge in [0.2, 0.25) is 5.71 Å². The number of nitrogens with zero attached hydrogens (tertiary/aromatic N) is 2. The first-order valence-electron chi connectivity index (χ1n) is 9.39. The van der Waals surface area contributed by atoms with Gasteiger partial charge >= 0.3 is 0 Å². The van der Waals surface area contributed by atoms with Gasteiger partial charge in [0.05, 0.1) is 11.8 Å². The molecule has 2 aromatic carbocycles. The van der Waals surface area contributed by atoms with E-state index in [2.05, 4.69) is 40.2 Å². The lowest BCUT2D eigenvalue weighted by atomic mass is 9.72. The molecule has 28 heavy (non-hydrogen) atoms. The monoisotopic (exact) mass is 365 g/mol. The van der Waals surface area contributed by atoms with Crippen LogP contribution in [-0.4, -0.2) is 9.97 Å². The third-order valence-corrected chi connectivity index (χ3v) is 5.58. The number of rotatable bonds is 3. The van der Waals surface area contributed by atoms with Crippen molar-refractivity contribution in [3.8, 4) is 34.8 Å². The van der Waals surface area contributed by atoms with Crippen LogP contribution in [0.1, 0.15) is 30.5 Å². The minimum atomic E-state index is -0.181. The molecule has 0 radical (unpaired) electrons. The molecule has 1 aliphatic carbocycles. The van der Waals surface area contributed by atoms with E-state index in [4.69, 9.17) is 16.6 Å². The van der Waals surface area contributed by atoms with Crippen LogP contribution in [0.5, 0.6) is 0 Å². The zero-order valence-corrected chi connectivity index (χ0v) is 15.4. The van der Waals surface area contributed by atoms with Crippen LogP contribution >= 0.6 is 0 Å². The van der Waals surface area contributed by atoms with Crippen molar-refractivity contribution in [2.45, 2.75) is 24.8 Å². The van der Waals surface area contributed by atoms with E-state index in [0.717, 1.165) is 35.3 Å². The summed E-state index contributed by atoms with van der Waals surface area (Å²) in [6.45, 7) is 0. The number of furan rings is 1. The Morgan fingerprint density at radius 2 is 1.75 bits per heavy atom. The molecule has 4 aromatic rings. The zero-order valence-electron chi connectivity index (χ0n) is 15.4. The average molecular weight is 365 g/mol. The number of fused-ring (bicyclic) bond motifs is 1. The highest BCUT2D eigenvalue weighted by atomic mass is 16.3. The molecule has 2 heterocycles. The smallest absolute Gasteiger partial charge is 0.246 e. The van der Waals surface area contributed by atoms with E-state index < -0.39 is 0 Å². The first-order valence-corrected chi connectivity index (χ1v) is 9.39. The van der Waals surface area contributed by atoms with E-state index in [9.17, 15) is 0 Å². The van der Waals surface area contributed by atoms with Crippen molar-refractivity contribution in [3.63, 3.8) is 0 Å². The highest BCUT2D eigenvalue weighted by molar-refractivity contribution is 5.98. The van der Waals surface area contributed by atoms with Crippen molar-refractivity contribution in [3.05, 3.63) is 72.1 Å². The number of aromatic nitrogens is 2. The van der Waals surface area contributed by atoms with Crippen LogP contribution < -0.4 is 5.73 Å². The van der Waals surface area contributed by atoms with E-state index in [1.807, 2.05) is 30.3 Å². The van der Waals surface area contributed by atoms with Gasteiger partial charge in [0.25, 0.3) is 0 Å². The average Bonchev–Trinajstić information content (AvgIpc) is 3.11. The van der Waals surface area contributed by atoms with Gasteiger partial charge in [-0.1, -0.05) is 54.6 Å². The van der Waals surface area contributed by atoms with E-state index in [0.29, 0.717) is 16.9 Å². The Kier molecular flexibility index (Phi) is 3.78. The topological polar surface area (TPSA) is 64.9 Å². The summed E-state index contributed by atoms with van der Waals surface area (Å²) in [4.78, 5) is 8.95. The molecule has 0 spiro atoms. The molecular formula is C24H19N3O. The molecule has 1 aliphatic rings. The summed E-state index contributed by atoms with van der Waals surface area (Å²) in [6.07, 6.45) is 10.3. The molecule has 2 N–H and O–H groups in total. The van der Waals surface area contributed by atoms with Crippen LogP contribution in [0.4, 0.5) is 0 Å². The van der Waals surface area contributed by atoms with Gasteiger partial charge in [-0.25, -0.2) is 9.97 Å². The zero-order chi connectivity index (χ0) is 19.1. The molecule has 0 amide bonds. The predicted molar refractivity (Wildman–Crippen MR) is 110 cm³/mol. The number of hydrogen-bond donors (Lipinski definition) is 1. The molecule has 0 aliphatic heterocycles. The summed E-state index contributed by atoms with van der Waals surface area (Å²) in [5, 5.41) is 0. The molecule has 0 unspecified atom stereocenters. The fraction of sp³-hybridized carbons (Fsp3) is 0.167. The van der Waals surface area contributed by atoms with Gasteiger partial charge < -0.3 is 10.2 Å². The fourth-order valence-electron chi connectivity index (χ4n) is 3.82. The molecule has 2 aromatic heterocycles. The third-order valence-electron chi connectivity index (χ3n) is 5.58. The van der Waals surface area contributed by atoms with Crippen LogP contribution in [0.3, 0.4) is 0 Å². The lowest BCUT2D eigenvalue weighted by Crippen LogP contribution is -2.43. The van der Waals surface area contributed by atoms with Gasteiger partial charge in [0.15, 0.2) is 0 Å². The van der Waals surface area contributed by atoms with Crippen LogP contribution in [0.15, 0.2) is 65.2 Å². The van der Waals surface area contributed by atoms with Crippen molar-refractivity contribution in [2.24, 2.45) is 5.73 Å². The second-order valence-corrected chi connectivity index (χ2v) is 7.31. The largest absolute Gasteiger partial charge is 0.436 e. The minimum absolute atomic E-state index is 0.181. The Morgan fingerprint density at radius 1 is 1.00 bits per heavy atom. The molecule has 5 rings (SSSR count). The highest BCUT2D eigenvalue weighted by Gasteiger charge is 2.34. The van der Waals surface area contributed by atoms with Crippen LogP contribution in [0.2, 0.25) is 0 Å². The molecular weight excluding hydrogens is 346 g/mol. The second kappa shape index (κ2) is 6.33. The van der Waals surface area contributed by atoms with Gasteiger partial charge in [-0.05, 0) is 36.3 Å². The maximum Gasteiger partial charge on any atom is 0.246 e. The van der Waals surface area contributed by atoms with Gasteiger partial charge in [-0.2, -0.15) is 0 Å². The summed E-state index contributed by atoms with van der Waals surface area (Å²) in [5.74, 6) is 3.29. The minimum Gasteiger partial charge on any atom is -0.436 e. The molecule has 0 bridgehead atoms. The normalized spacial score (nSPS) is 15.1. The molecule has 4 nitrogen and oxygen atoms in total. The fourth-order valence-corrected chi connectivity index (χ4v) is 3.82. The second-order valence-electron chi connectivity index (χ2n) is 7.31. The van der Waals surface area contributed by atoms with Gasteiger partial charge in [-0.15, -0.1) is 6.42 Å². The van der Waals surface area contributed by atoms with E-state index in [1.165, 1.54) is 12.0 Å². The SMILES string of the molecule is C#Cc1cnc2oc(-c3ccc(C4(N)CCC4)cc3)c(-c3ccccc3)c2n1. The summed E-state index contributed by atoms with van der Waals surface area (Å²) < 4.78 is 6.13. The molecule has 1 fully saturated rings. The quantitative estimate of drug-likeness (QED) is 0.526. The van der Waals surface area contributed by atoms with Crippen molar-refractivity contribution in [1.82, 2.24) is 9.97 Å². The van der Waals surface area contributed by atoms with Gasteiger partial charge in [0, 0.05) is 11.1 Å². The highest BCUT2D eigenvalue weighted by Crippen LogP contribution is 2.42. The first kappa shape index (κ1) is 16.7.